The molecule has 0 bridgehead atoms. The van der Waals surface area contributed by atoms with E-state index < -0.39 is 0 Å². The topological polar surface area (TPSA) is 50.7 Å². The summed E-state index contributed by atoms with van der Waals surface area (Å²) in [6, 6.07) is 29.6. The van der Waals surface area contributed by atoms with E-state index >= 15 is 0 Å². The van der Waals surface area contributed by atoms with Gasteiger partial charge < -0.3 is 0 Å². The average molecular weight is 440 g/mol. The molecule has 0 aliphatic rings. The number of pyridine rings is 1. The van der Waals surface area contributed by atoms with Crippen molar-refractivity contribution in [2.24, 2.45) is 0 Å². The van der Waals surface area contributed by atoms with Crippen LogP contribution in [0.25, 0.3) is 16.6 Å². The number of halogens is 1. The first-order chi connectivity index (χ1) is 15.6. The molecule has 32 heavy (non-hydrogen) atoms. The van der Waals surface area contributed by atoms with Crippen LogP contribution in [-0.2, 0) is 6.42 Å². The molecule has 3 aromatic carbocycles. The van der Waals surface area contributed by atoms with E-state index in [9.17, 15) is 4.79 Å². The molecular weight excluding hydrogens is 418 g/mol. The zero-order valence-corrected chi connectivity index (χ0v) is 18.4. The molecule has 0 radical (unpaired) electrons. The van der Waals surface area contributed by atoms with E-state index in [1.165, 1.54) is 0 Å². The molecule has 0 spiro atoms. The molecular formula is C27H22ClN3O. The third-order valence-corrected chi connectivity index (χ3v) is 6.04. The number of hydrogen-bond acceptors (Lipinski definition) is 2. The van der Waals surface area contributed by atoms with Gasteiger partial charge in [0.25, 0.3) is 5.56 Å². The molecule has 0 amide bonds. The molecule has 1 N–H and O–H groups in total. The van der Waals surface area contributed by atoms with Gasteiger partial charge in [0.2, 0.25) is 0 Å². The summed E-state index contributed by atoms with van der Waals surface area (Å²) >= 11 is 6.18. The molecule has 5 heteroatoms. The number of H-pyrrole nitrogens is 1. The number of hydrogen-bond donors (Lipinski definition) is 1. The van der Waals surface area contributed by atoms with Gasteiger partial charge in [-0.3, -0.25) is 14.9 Å². The quantitative estimate of drug-likeness (QED) is 0.362. The van der Waals surface area contributed by atoms with E-state index in [-0.39, 0.29) is 11.5 Å². The van der Waals surface area contributed by atoms with Gasteiger partial charge in [0.1, 0.15) is 0 Å². The second kappa shape index (κ2) is 8.48. The van der Waals surface area contributed by atoms with E-state index in [0.717, 1.165) is 39.1 Å². The zero-order valence-electron chi connectivity index (χ0n) is 17.6. The standard InChI is InChI=1S/C27H22ClN3O/c1-18-26(27(32)31(30-18)23-10-6-3-7-11-23)24(19-8-4-2-5-9-19)17-22-15-13-20-12-14-21(28)16-25(20)29-22/h2-16,24,30H,17H2,1H3. The summed E-state index contributed by atoms with van der Waals surface area (Å²) < 4.78 is 1.62. The summed E-state index contributed by atoms with van der Waals surface area (Å²) in [7, 11) is 0. The number of nitrogens with one attached hydrogen (secondary N) is 1. The van der Waals surface area contributed by atoms with Crippen molar-refractivity contribution in [3.63, 3.8) is 0 Å². The van der Waals surface area contributed by atoms with Crippen molar-refractivity contribution < 1.29 is 0 Å². The van der Waals surface area contributed by atoms with Crippen molar-refractivity contribution in [1.82, 2.24) is 14.8 Å². The molecule has 158 valence electrons. The van der Waals surface area contributed by atoms with Gasteiger partial charge in [0, 0.05) is 39.7 Å². The number of benzene rings is 3. The van der Waals surface area contributed by atoms with Gasteiger partial charge in [0.05, 0.1) is 11.2 Å². The summed E-state index contributed by atoms with van der Waals surface area (Å²) in [4.78, 5) is 18.4. The van der Waals surface area contributed by atoms with Crippen LogP contribution in [0.3, 0.4) is 0 Å². The fourth-order valence-electron chi connectivity index (χ4n) is 4.26. The van der Waals surface area contributed by atoms with Crippen LogP contribution in [0.2, 0.25) is 5.02 Å². The lowest BCUT2D eigenvalue weighted by Crippen LogP contribution is -2.21. The molecule has 2 aromatic heterocycles. The average Bonchev–Trinajstić information content (AvgIpc) is 3.12. The van der Waals surface area contributed by atoms with Crippen LogP contribution in [0, 0.1) is 6.92 Å². The largest absolute Gasteiger partial charge is 0.295 e. The summed E-state index contributed by atoms with van der Waals surface area (Å²) in [6.07, 6.45) is 0.606. The fraction of sp³-hybridized carbons (Fsp3) is 0.111. The highest BCUT2D eigenvalue weighted by atomic mass is 35.5. The molecule has 0 aliphatic carbocycles. The minimum atomic E-state index is -0.131. The maximum atomic E-state index is 13.5. The van der Waals surface area contributed by atoms with E-state index in [1.807, 2.05) is 79.7 Å². The predicted octanol–water partition coefficient (Wildman–Crippen LogP) is 6.05. The summed E-state index contributed by atoms with van der Waals surface area (Å²) in [5.41, 5.74) is 5.25. The van der Waals surface area contributed by atoms with Gasteiger partial charge in [-0.05, 0) is 42.8 Å². The van der Waals surface area contributed by atoms with Gasteiger partial charge in [-0.25, -0.2) is 4.68 Å². The Morgan fingerprint density at radius 3 is 2.38 bits per heavy atom. The third kappa shape index (κ3) is 3.85. The van der Waals surface area contributed by atoms with Crippen molar-refractivity contribution in [2.45, 2.75) is 19.3 Å². The molecule has 0 aliphatic heterocycles. The Labute approximate surface area is 191 Å². The molecule has 4 nitrogen and oxygen atoms in total. The number of nitrogens with zero attached hydrogens (tertiary/aromatic N) is 2. The minimum Gasteiger partial charge on any atom is -0.295 e. The summed E-state index contributed by atoms with van der Waals surface area (Å²) in [5, 5.41) is 4.97. The molecule has 0 saturated carbocycles. The lowest BCUT2D eigenvalue weighted by molar-refractivity contribution is 0.771. The first kappa shape index (κ1) is 20.3. The second-order valence-electron chi connectivity index (χ2n) is 7.93. The van der Waals surface area contributed by atoms with Gasteiger partial charge in [-0.2, -0.15) is 0 Å². The SMILES string of the molecule is Cc1[nH]n(-c2ccccc2)c(=O)c1C(Cc1ccc2ccc(Cl)cc2n1)c1ccccc1. The monoisotopic (exact) mass is 439 g/mol. The molecule has 5 rings (SSSR count). The number of fused-ring (bicyclic) bond motifs is 1. The summed E-state index contributed by atoms with van der Waals surface area (Å²) in [6.45, 7) is 1.96. The maximum Gasteiger partial charge on any atom is 0.275 e. The molecule has 2 heterocycles. The first-order valence-corrected chi connectivity index (χ1v) is 10.9. The number of aromatic amines is 1. The number of para-hydroxylation sites is 1. The van der Waals surface area contributed by atoms with Crippen LogP contribution in [0.15, 0.2) is 95.8 Å². The van der Waals surface area contributed by atoms with Crippen LogP contribution in [0.1, 0.15) is 28.4 Å². The van der Waals surface area contributed by atoms with Crippen LogP contribution < -0.4 is 5.56 Å². The van der Waals surface area contributed by atoms with Crippen LogP contribution in [0.4, 0.5) is 0 Å². The lowest BCUT2D eigenvalue weighted by Gasteiger charge is -2.17. The Morgan fingerprint density at radius 2 is 1.62 bits per heavy atom. The van der Waals surface area contributed by atoms with Crippen molar-refractivity contribution >= 4 is 22.5 Å². The lowest BCUT2D eigenvalue weighted by atomic mass is 9.87. The van der Waals surface area contributed by atoms with Gasteiger partial charge in [-0.1, -0.05) is 72.3 Å². The Hall–Kier alpha value is -3.63. The Bertz CT molecular complexity index is 1440. The van der Waals surface area contributed by atoms with Gasteiger partial charge in [-0.15, -0.1) is 0 Å². The predicted molar refractivity (Wildman–Crippen MR) is 130 cm³/mol. The highest BCUT2D eigenvalue weighted by molar-refractivity contribution is 6.31. The molecule has 0 saturated heterocycles. The van der Waals surface area contributed by atoms with Crippen molar-refractivity contribution in [3.05, 3.63) is 129 Å². The minimum absolute atomic E-state index is 0.0358. The highest BCUT2D eigenvalue weighted by Gasteiger charge is 2.24. The molecule has 5 aromatic rings. The number of aromatic nitrogens is 3. The van der Waals surface area contributed by atoms with Gasteiger partial charge in [0.15, 0.2) is 0 Å². The van der Waals surface area contributed by atoms with E-state index in [4.69, 9.17) is 16.6 Å². The Morgan fingerprint density at radius 1 is 0.938 bits per heavy atom. The van der Waals surface area contributed by atoms with Crippen LogP contribution in [-0.4, -0.2) is 14.8 Å². The van der Waals surface area contributed by atoms with E-state index in [1.54, 1.807) is 4.68 Å². The van der Waals surface area contributed by atoms with Crippen molar-refractivity contribution in [2.75, 3.05) is 0 Å². The van der Waals surface area contributed by atoms with E-state index in [2.05, 4.69) is 23.3 Å². The van der Waals surface area contributed by atoms with Gasteiger partial charge >= 0.3 is 0 Å². The smallest absolute Gasteiger partial charge is 0.275 e. The molecule has 1 unspecified atom stereocenters. The van der Waals surface area contributed by atoms with Crippen molar-refractivity contribution in [1.29, 1.82) is 0 Å². The fourth-order valence-corrected chi connectivity index (χ4v) is 4.42. The van der Waals surface area contributed by atoms with Crippen molar-refractivity contribution in [3.8, 4) is 5.69 Å². The number of aryl methyl sites for hydroxylation is 1. The second-order valence-corrected chi connectivity index (χ2v) is 8.37. The normalized spacial score (nSPS) is 12.2. The molecule has 1 atom stereocenters. The highest BCUT2D eigenvalue weighted by Crippen LogP contribution is 2.29. The number of rotatable bonds is 5. The van der Waals surface area contributed by atoms with Crippen LogP contribution >= 0.6 is 11.6 Å². The Kier molecular flexibility index (Phi) is 5.38. The molecule has 0 fully saturated rings. The summed E-state index contributed by atoms with van der Waals surface area (Å²) in [5.74, 6) is -0.131. The maximum absolute atomic E-state index is 13.5. The van der Waals surface area contributed by atoms with Crippen LogP contribution in [0.5, 0.6) is 0 Å². The zero-order chi connectivity index (χ0) is 22.1. The third-order valence-electron chi connectivity index (χ3n) is 5.81. The Balaban J connectivity index is 1.62. The first-order valence-electron chi connectivity index (χ1n) is 10.6. The van der Waals surface area contributed by atoms with E-state index in [0.29, 0.717) is 11.4 Å².